The second-order valence-corrected chi connectivity index (χ2v) is 7.18. The van der Waals surface area contributed by atoms with Crippen LogP contribution in [0.2, 0.25) is 0 Å². The number of aliphatic imine (C=N–C) groups is 1. The molecule has 0 spiro atoms. The van der Waals surface area contributed by atoms with E-state index in [1.54, 1.807) is 18.4 Å². The summed E-state index contributed by atoms with van der Waals surface area (Å²) in [6.45, 7) is 9.20. The quantitative estimate of drug-likeness (QED) is 0.486. The predicted octanol–water partition coefficient (Wildman–Crippen LogP) is 1.98. The average molecular weight is 341 g/mol. The summed E-state index contributed by atoms with van der Waals surface area (Å²) in [5.41, 5.74) is 0.532. The first kappa shape index (κ1) is 19.2. The van der Waals surface area contributed by atoms with Crippen molar-refractivity contribution in [2.24, 2.45) is 4.99 Å². The SMILES string of the molecule is CN=C(NCCNC(=O)OC(C)(C)C)N(C)Cc1csc(C)n1. The van der Waals surface area contributed by atoms with E-state index in [1.165, 1.54) is 0 Å². The van der Waals surface area contributed by atoms with E-state index >= 15 is 0 Å². The highest BCUT2D eigenvalue weighted by molar-refractivity contribution is 7.09. The molecule has 130 valence electrons. The van der Waals surface area contributed by atoms with Gasteiger partial charge in [-0.3, -0.25) is 4.99 Å². The number of nitrogens with zero attached hydrogens (tertiary/aromatic N) is 3. The van der Waals surface area contributed by atoms with Gasteiger partial charge < -0.3 is 20.3 Å². The Morgan fingerprint density at radius 1 is 1.39 bits per heavy atom. The molecule has 23 heavy (non-hydrogen) atoms. The molecule has 0 aliphatic carbocycles. The van der Waals surface area contributed by atoms with Gasteiger partial charge in [0.05, 0.1) is 17.2 Å². The molecule has 1 aromatic heterocycles. The number of aryl methyl sites for hydroxylation is 1. The highest BCUT2D eigenvalue weighted by atomic mass is 32.1. The minimum Gasteiger partial charge on any atom is -0.444 e. The molecule has 7 nitrogen and oxygen atoms in total. The number of alkyl carbamates (subject to hydrolysis) is 1. The third-order valence-electron chi connectivity index (χ3n) is 2.72. The first-order chi connectivity index (χ1) is 10.7. The number of ether oxygens (including phenoxy) is 1. The number of hydrogen-bond donors (Lipinski definition) is 2. The molecule has 1 amide bonds. The zero-order valence-electron chi connectivity index (χ0n) is 14.8. The van der Waals surface area contributed by atoms with Crippen LogP contribution in [0.15, 0.2) is 10.4 Å². The predicted molar refractivity (Wildman–Crippen MR) is 93.9 cm³/mol. The van der Waals surface area contributed by atoms with Gasteiger partial charge in [-0.1, -0.05) is 0 Å². The summed E-state index contributed by atoms with van der Waals surface area (Å²) in [4.78, 5) is 22.2. The molecule has 1 heterocycles. The van der Waals surface area contributed by atoms with E-state index in [2.05, 4.69) is 20.6 Å². The number of guanidine groups is 1. The number of amides is 1. The number of carbonyl (C=O) groups is 1. The summed E-state index contributed by atoms with van der Waals surface area (Å²) in [6, 6.07) is 0. The Bertz CT molecular complexity index is 536. The van der Waals surface area contributed by atoms with E-state index in [0.29, 0.717) is 19.6 Å². The first-order valence-electron chi connectivity index (χ1n) is 7.51. The van der Waals surface area contributed by atoms with Gasteiger partial charge >= 0.3 is 6.09 Å². The molecule has 0 aliphatic heterocycles. The van der Waals surface area contributed by atoms with Gasteiger partial charge in [0.15, 0.2) is 5.96 Å². The molecule has 0 bridgehead atoms. The van der Waals surface area contributed by atoms with Crippen LogP contribution in [0.5, 0.6) is 0 Å². The second-order valence-electron chi connectivity index (χ2n) is 6.12. The molecule has 0 fully saturated rings. The smallest absolute Gasteiger partial charge is 0.407 e. The van der Waals surface area contributed by atoms with Gasteiger partial charge in [0.1, 0.15) is 5.60 Å². The van der Waals surface area contributed by atoms with Crippen LogP contribution in [0.4, 0.5) is 4.79 Å². The number of hydrogen-bond acceptors (Lipinski definition) is 5. The Morgan fingerprint density at radius 2 is 2.04 bits per heavy atom. The van der Waals surface area contributed by atoms with Crippen molar-refractivity contribution in [2.75, 3.05) is 27.2 Å². The molecule has 1 rings (SSSR count). The van der Waals surface area contributed by atoms with Crippen molar-refractivity contribution in [1.82, 2.24) is 20.5 Å². The van der Waals surface area contributed by atoms with Crippen molar-refractivity contribution < 1.29 is 9.53 Å². The number of rotatable bonds is 5. The molecular formula is C15H27N5O2S. The van der Waals surface area contributed by atoms with Crippen molar-refractivity contribution in [1.29, 1.82) is 0 Å². The van der Waals surface area contributed by atoms with Gasteiger partial charge in [-0.2, -0.15) is 0 Å². The molecule has 0 unspecified atom stereocenters. The van der Waals surface area contributed by atoms with Gasteiger partial charge in [0.25, 0.3) is 0 Å². The van der Waals surface area contributed by atoms with E-state index in [9.17, 15) is 4.79 Å². The molecule has 0 aliphatic rings. The first-order valence-corrected chi connectivity index (χ1v) is 8.39. The zero-order valence-corrected chi connectivity index (χ0v) is 15.6. The van der Waals surface area contributed by atoms with Crippen LogP contribution in [0.1, 0.15) is 31.5 Å². The van der Waals surface area contributed by atoms with Gasteiger partial charge in [-0.05, 0) is 27.7 Å². The van der Waals surface area contributed by atoms with Crippen LogP contribution in [0, 0.1) is 6.92 Å². The number of nitrogens with one attached hydrogen (secondary N) is 2. The topological polar surface area (TPSA) is 78.8 Å². The van der Waals surface area contributed by atoms with Gasteiger partial charge in [0.2, 0.25) is 0 Å². The summed E-state index contributed by atoms with van der Waals surface area (Å²) in [6.07, 6.45) is -0.416. The number of carbonyl (C=O) groups excluding carboxylic acids is 1. The van der Waals surface area contributed by atoms with Gasteiger partial charge in [-0.15, -0.1) is 11.3 Å². The minimum absolute atomic E-state index is 0.416. The van der Waals surface area contributed by atoms with Crippen molar-refractivity contribution in [2.45, 2.75) is 39.8 Å². The van der Waals surface area contributed by atoms with Crippen molar-refractivity contribution in [3.63, 3.8) is 0 Å². The Morgan fingerprint density at radius 3 is 2.57 bits per heavy atom. The van der Waals surface area contributed by atoms with E-state index in [0.717, 1.165) is 16.7 Å². The van der Waals surface area contributed by atoms with Gasteiger partial charge in [0, 0.05) is 32.6 Å². The third-order valence-corrected chi connectivity index (χ3v) is 3.54. The van der Waals surface area contributed by atoms with Gasteiger partial charge in [-0.25, -0.2) is 9.78 Å². The van der Waals surface area contributed by atoms with E-state index < -0.39 is 11.7 Å². The number of aromatic nitrogens is 1. The lowest BCUT2D eigenvalue weighted by molar-refractivity contribution is 0.0529. The van der Waals surface area contributed by atoms with Crippen LogP contribution in [-0.4, -0.2) is 54.7 Å². The van der Waals surface area contributed by atoms with Crippen molar-refractivity contribution in [3.8, 4) is 0 Å². The fourth-order valence-electron chi connectivity index (χ4n) is 1.84. The van der Waals surface area contributed by atoms with Crippen molar-refractivity contribution in [3.05, 3.63) is 16.1 Å². The molecule has 0 radical (unpaired) electrons. The largest absolute Gasteiger partial charge is 0.444 e. The Labute approximate surface area is 142 Å². The molecule has 0 atom stereocenters. The van der Waals surface area contributed by atoms with E-state index in [4.69, 9.17) is 4.74 Å². The maximum absolute atomic E-state index is 11.5. The fraction of sp³-hybridized carbons (Fsp3) is 0.667. The van der Waals surface area contributed by atoms with Crippen LogP contribution in [-0.2, 0) is 11.3 Å². The summed E-state index contributed by atoms with van der Waals surface area (Å²) < 4.78 is 5.17. The van der Waals surface area contributed by atoms with Crippen molar-refractivity contribution >= 4 is 23.4 Å². The van der Waals surface area contributed by atoms with E-state index in [-0.39, 0.29) is 0 Å². The minimum atomic E-state index is -0.487. The maximum Gasteiger partial charge on any atom is 0.407 e. The Balaban J connectivity index is 2.32. The molecule has 0 saturated carbocycles. The zero-order chi connectivity index (χ0) is 17.5. The second kappa shape index (κ2) is 8.71. The Kier molecular flexibility index (Phi) is 7.28. The lowest BCUT2D eigenvalue weighted by atomic mass is 10.2. The van der Waals surface area contributed by atoms with Crippen LogP contribution < -0.4 is 10.6 Å². The molecule has 1 aromatic rings. The normalized spacial score (nSPS) is 12.0. The van der Waals surface area contributed by atoms with E-state index in [1.807, 2.05) is 45.0 Å². The maximum atomic E-state index is 11.5. The van der Waals surface area contributed by atoms with Crippen LogP contribution in [0.3, 0.4) is 0 Å². The molecule has 8 heteroatoms. The average Bonchev–Trinajstić information content (AvgIpc) is 2.82. The Hall–Kier alpha value is -1.83. The summed E-state index contributed by atoms with van der Waals surface area (Å²) in [5, 5.41) is 9.00. The fourth-order valence-corrected chi connectivity index (χ4v) is 2.44. The monoisotopic (exact) mass is 341 g/mol. The summed E-state index contributed by atoms with van der Waals surface area (Å²) in [5.74, 6) is 0.752. The van der Waals surface area contributed by atoms with Crippen LogP contribution >= 0.6 is 11.3 Å². The molecule has 0 aromatic carbocycles. The number of thiazole rings is 1. The summed E-state index contributed by atoms with van der Waals surface area (Å²) in [7, 11) is 3.68. The highest BCUT2D eigenvalue weighted by Gasteiger charge is 2.15. The molecular weight excluding hydrogens is 314 g/mol. The van der Waals surface area contributed by atoms with Crippen LogP contribution in [0.25, 0.3) is 0 Å². The molecule has 0 saturated heterocycles. The lowest BCUT2D eigenvalue weighted by Gasteiger charge is -2.22. The standard InChI is InChI=1S/C15H27N5O2S/c1-11-19-12(10-23-11)9-20(6)13(16-5)17-7-8-18-14(21)22-15(2,3)4/h10H,7-9H2,1-6H3,(H,16,17)(H,18,21). The highest BCUT2D eigenvalue weighted by Crippen LogP contribution is 2.09. The lowest BCUT2D eigenvalue weighted by Crippen LogP contribution is -2.43. The summed E-state index contributed by atoms with van der Waals surface area (Å²) >= 11 is 1.64. The third kappa shape index (κ3) is 7.83. The molecule has 2 N–H and O–H groups in total.